The fourth-order valence-electron chi connectivity index (χ4n) is 3.02. The summed E-state index contributed by atoms with van der Waals surface area (Å²) in [6.07, 6.45) is 2.79. The number of pyridine rings is 1. The molecule has 1 saturated heterocycles. The molecule has 1 aromatic carbocycles. The second-order valence-electron chi connectivity index (χ2n) is 6.53. The summed E-state index contributed by atoms with van der Waals surface area (Å²) in [7, 11) is -1.34. The molecule has 0 radical (unpaired) electrons. The van der Waals surface area contributed by atoms with Gasteiger partial charge in [-0.2, -0.15) is 0 Å². The van der Waals surface area contributed by atoms with Crippen LogP contribution in [-0.2, 0) is 16.3 Å². The summed E-state index contributed by atoms with van der Waals surface area (Å²) in [4.78, 5) is 16.5. The van der Waals surface area contributed by atoms with Crippen molar-refractivity contribution in [1.29, 1.82) is 0 Å². The van der Waals surface area contributed by atoms with Crippen molar-refractivity contribution in [3.63, 3.8) is 0 Å². The molecule has 7 nitrogen and oxygen atoms in total. The minimum atomic E-state index is -2.96. The molecular weight excluding hydrogens is 366 g/mol. The minimum Gasteiger partial charge on any atom is -0.497 e. The summed E-state index contributed by atoms with van der Waals surface area (Å²) in [5.74, 6) is 1.40. The van der Waals surface area contributed by atoms with Crippen LogP contribution in [0.1, 0.15) is 22.3 Å². The quantitative estimate of drug-likeness (QED) is 0.748. The molecule has 0 spiro atoms. The van der Waals surface area contributed by atoms with Crippen LogP contribution in [0.4, 0.5) is 5.82 Å². The molecular formula is C19H23N3O4S. The first-order chi connectivity index (χ1) is 12.9. The van der Waals surface area contributed by atoms with E-state index in [-0.39, 0.29) is 23.5 Å². The largest absolute Gasteiger partial charge is 0.497 e. The molecule has 2 aromatic rings. The molecule has 0 saturated carbocycles. The molecule has 2 heterocycles. The summed E-state index contributed by atoms with van der Waals surface area (Å²) < 4.78 is 28.3. The highest BCUT2D eigenvalue weighted by Gasteiger charge is 2.28. The summed E-state index contributed by atoms with van der Waals surface area (Å²) in [6.45, 7) is 0.498. The number of amides is 1. The van der Waals surface area contributed by atoms with E-state index in [9.17, 15) is 13.2 Å². The van der Waals surface area contributed by atoms with Gasteiger partial charge in [0.2, 0.25) is 0 Å². The zero-order chi connectivity index (χ0) is 19.3. The predicted octanol–water partition coefficient (Wildman–Crippen LogP) is 1.66. The maximum Gasteiger partial charge on any atom is 0.251 e. The average molecular weight is 389 g/mol. The van der Waals surface area contributed by atoms with Gasteiger partial charge >= 0.3 is 0 Å². The van der Waals surface area contributed by atoms with Crippen molar-refractivity contribution in [2.75, 3.05) is 30.5 Å². The van der Waals surface area contributed by atoms with Crippen LogP contribution >= 0.6 is 0 Å². The van der Waals surface area contributed by atoms with Crippen molar-refractivity contribution in [2.24, 2.45) is 0 Å². The predicted molar refractivity (Wildman–Crippen MR) is 104 cm³/mol. The fraction of sp³-hybridized carbons (Fsp3) is 0.368. The third-order valence-corrected chi connectivity index (χ3v) is 6.21. The van der Waals surface area contributed by atoms with Gasteiger partial charge in [-0.25, -0.2) is 13.4 Å². The molecule has 1 aliphatic heterocycles. The van der Waals surface area contributed by atoms with Crippen molar-refractivity contribution >= 4 is 21.6 Å². The number of nitrogens with one attached hydrogen (secondary N) is 2. The van der Waals surface area contributed by atoms with E-state index in [1.54, 1.807) is 25.4 Å². The first-order valence-corrected chi connectivity index (χ1v) is 10.6. The number of sulfone groups is 1. The Labute approximate surface area is 159 Å². The lowest BCUT2D eigenvalue weighted by atomic mass is 10.1. The van der Waals surface area contributed by atoms with Crippen molar-refractivity contribution < 1.29 is 17.9 Å². The van der Waals surface area contributed by atoms with E-state index in [0.717, 1.165) is 11.3 Å². The van der Waals surface area contributed by atoms with Crippen LogP contribution < -0.4 is 15.4 Å². The number of methoxy groups -OCH3 is 1. The standard InChI is InChI=1S/C19H23N3O4S/c1-26-17-4-2-3-14(11-17)5-8-21-19(23)15-6-9-20-18(12-15)22-16-7-10-27(24,25)13-16/h2-4,6,9,11-12,16H,5,7-8,10,13H2,1H3,(H,20,22)(H,21,23). The van der Waals surface area contributed by atoms with Gasteiger partial charge in [-0.15, -0.1) is 0 Å². The summed E-state index contributed by atoms with van der Waals surface area (Å²) in [5.41, 5.74) is 1.56. The van der Waals surface area contributed by atoms with Gasteiger partial charge in [-0.05, 0) is 42.7 Å². The lowest BCUT2D eigenvalue weighted by Gasteiger charge is -2.12. The van der Waals surface area contributed by atoms with Gasteiger partial charge in [0.1, 0.15) is 11.6 Å². The van der Waals surface area contributed by atoms with Crippen molar-refractivity contribution in [3.05, 3.63) is 53.7 Å². The van der Waals surface area contributed by atoms with Crippen LogP contribution in [0.2, 0.25) is 0 Å². The molecule has 1 aliphatic rings. The molecule has 1 fully saturated rings. The number of nitrogens with zero attached hydrogens (tertiary/aromatic N) is 1. The molecule has 27 heavy (non-hydrogen) atoms. The van der Waals surface area contributed by atoms with Crippen LogP contribution in [-0.4, -0.2) is 50.5 Å². The van der Waals surface area contributed by atoms with Crippen LogP contribution in [0.5, 0.6) is 5.75 Å². The zero-order valence-electron chi connectivity index (χ0n) is 15.1. The Balaban J connectivity index is 1.54. The molecule has 1 unspecified atom stereocenters. The van der Waals surface area contributed by atoms with E-state index in [0.29, 0.717) is 30.8 Å². The van der Waals surface area contributed by atoms with Gasteiger partial charge in [0.05, 0.1) is 18.6 Å². The molecule has 0 aliphatic carbocycles. The molecule has 0 bridgehead atoms. The molecule has 1 amide bonds. The van der Waals surface area contributed by atoms with Gasteiger partial charge in [0.25, 0.3) is 5.91 Å². The van der Waals surface area contributed by atoms with Crippen LogP contribution in [0.3, 0.4) is 0 Å². The van der Waals surface area contributed by atoms with E-state index >= 15 is 0 Å². The second kappa shape index (κ2) is 8.39. The third kappa shape index (κ3) is 5.43. The summed E-state index contributed by atoms with van der Waals surface area (Å²) in [6, 6.07) is 10.8. The number of carbonyl (C=O) groups is 1. The maximum absolute atomic E-state index is 12.4. The molecule has 2 N–H and O–H groups in total. The average Bonchev–Trinajstić information content (AvgIpc) is 3.00. The Morgan fingerprint density at radius 2 is 2.15 bits per heavy atom. The van der Waals surface area contributed by atoms with E-state index in [2.05, 4.69) is 15.6 Å². The SMILES string of the molecule is COc1cccc(CCNC(=O)c2ccnc(NC3CCS(=O)(=O)C3)c2)c1. The molecule has 1 atom stereocenters. The number of anilines is 1. The Morgan fingerprint density at radius 3 is 2.89 bits per heavy atom. The van der Waals surface area contributed by atoms with E-state index in [1.165, 1.54) is 0 Å². The van der Waals surface area contributed by atoms with Crippen LogP contribution in [0.15, 0.2) is 42.6 Å². The highest BCUT2D eigenvalue weighted by atomic mass is 32.2. The fourth-order valence-corrected chi connectivity index (χ4v) is 4.69. The van der Waals surface area contributed by atoms with E-state index < -0.39 is 9.84 Å². The molecule has 8 heteroatoms. The van der Waals surface area contributed by atoms with Gasteiger partial charge in [0.15, 0.2) is 9.84 Å². The highest BCUT2D eigenvalue weighted by Crippen LogP contribution is 2.17. The van der Waals surface area contributed by atoms with Gasteiger partial charge < -0.3 is 15.4 Å². The van der Waals surface area contributed by atoms with E-state index in [4.69, 9.17) is 4.74 Å². The van der Waals surface area contributed by atoms with E-state index in [1.807, 2.05) is 24.3 Å². The lowest BCUT2D eigenvalue weighted by Crippen LogP contribution is -2.26. The van der Waals surface area contributed by atoms with Crippen molar-refractivity contribution in [3.8, 4) is 5.75 Å². The van der Waals surface area contributed by atoms with Crippen molar-refractivity contribution in [1.82, 2.24) is 10.3 Å². The Hall–Kier alpha value is -2.61. The normalized spacial score (nSPS) is 18.0. The first-order valence-electron chi connectivity index (χ1n) is 8.79. The minimum absolute atomic E-state index is 0.103. The molecule has 3 rings (SSSR count). The van der Waals surface area contributed by atoms with Crippen LogP contribution in [0, 0.1) is 0 Å². The maximum atomic E-state index is 12.4. The topological polar surface area (TPSA) is 97.4 Å². The Bertz CT molecular complexity index is 915. The first kappa shape index (κ1) is 19.2. The number of aromatic nitrogens is 1. The Morgan fingerprint density at radius 1 is 1.30 bits per heavy atom. The monoisotopic (exact) mass is 389 g/mol. The zero-order valence-corrected chi connectivity index (χ0v) is 16.0. The highest BCUT2D eigenvalue weighted by molar-refractivity contribution is 7.91. The molecule has 1 aromatic heterocycles. The van der Waals surface area contributed by atoms with Gasteiger partial charge in [0, 0.05) is 24.3 Å². The number of hydrogen-bond acceptors (Lipinski definition) is 6. The number of rotatable bonds is 7. The number of ether oxygens (including phenoxy) is 1. The van der Waals surface area contributed by atoms with Gasteiger partial charge in [-0.1, -0.05) is 12.1 Å². The summed E-state index contributed by atoms with van der Waals surface area (Å²) in [5, 5.41) is 5.99. The third-order valence-electron chi connectivity index (χ3n) is 4.44. The second-order valence-corrected chi connectivity index (χ2v) is 8.76. The van der Waals surface area contributed by atoms with Crippen LogP contribution in [0.25, 0.3) is 0 Å². The molecule has 144 valence electrons. The van der Waals surface area contributed by atoms with Gasteiger partial charge in [-0.3, -0.25) is 4.79 Å². The lowest BCUT2D eigenvalue weighted by molar-refractivity contribution is 0.0954. The van der Waals surface area contributed by atoms with Crippen molar-refractivity contribution in [2.45, 2.75) is 18.9 Å². The Kier molecular flexibility index (Phi) is 5.95. The number of hydrogen-bond donors (Lipinski definition) is 2. The smallest absolute Gasteiger partial charge is 0.251 e. The number of carbonyl (C=O) groups excluding carboxylic acids is 1. The summed E-state index contributed by atoms with van der Waals surface area (Å²) >= 11 is 0. The number of benzene rings is 1.